The number of rotatable bonds is 6. The van der Waals surface area contributed by atoms with E-state index >= 15 is 0 Å². The highest BCUT2D eigenvalue weighted by molar-refractivity contribution is 6.24. The van der Waals surface area contributed by atoms with E-state index in [0.717, 1.165) is 44.6 Å². The molecule has 0 fully saturated rings. The van der Waals surface area contributed by atoms with Gasteiger partial charge in [-0.15, -0.1) is 0 Å². The fraction of sp³-hybridized carbons (Fsp3) is 0. The zero-order valence-corrected chi connectivity index (χ0v) is 28.2. The fourth-order valence-electron chi connectivity index (χ4n) is 7.75. The number of benzene rings is 8. The van der Waals surface area contributed by atoms with Crippen LogP contribution in [0.2, 0.25) is 0 Å². The second kappa shape index (κ2) is 12.1. The molecule has 0 saturated heterocycles. The van der Waals surface area contributed by atoms with E-state index in [-0.39, 0.29) is 0 Å². The molecule has 0 bridgehead atoms. The number of hydrogen-bond acceptors (Lipinski definition) is 2. The van der Waals surface area contributed by atoms with Crippen LogP contribution in [-0.2, 0) is 0 Å². The van der Waals surface area contributed by atoms with Gasteiger partial charge < -0.3 is 4.57 Å². The maximum Gasteiger partial charge on any atom is 0.100 e. The summed E-state index contributed by atoms with van der Waals surface area (Å²) in [6.07, 6.45) is 4.07. The first-order valence-corrected chi connectivity index (χ1v) is 17.5. The molecule has 2 heterocycles. The van der Waals surface area contributed by atoms with Crippen molar-refractivity contribution < 1.29 is 0 Å². The van der Waals surface area contributed by atoms with Crippen LogP contribution >= 0.6 is 0 Å². The smallest absolute Gasteiger partial charge is 0.100 e. The van der Waals surface area contributed by atoms with Crippen molar-refractivity contribution in [1.82, 2.24) is 9.13 Å². The number of nitrogens with zero attached hydrogens (tertiary/aromatic N) is 3. The lowest BCUT2D eigenvalue weighted by atomic mass is 9.95. The monoisotopic (exact) mass is 664 g/mol. The summed E-state index contributed by atoms with van der Waals surface area (Å²) >= 11 is 0. The maximum absolute atomic E-state index is 9.32. The number of aliphatic imine (C=N–C) groups is 1. The van der Waals surface area contributed by atoms with Gasteiger partial charge in [0.15, 0.2) is 0 Å². The van der Waals surface area contributed by atoms with Gasteiger partial charge in [0.2, 0.25) is 0 Å². The van der Waals surface area contributed by atoms with E-state index in [1.165, 1.54) is 43.3 Å². The number of nitrogens with one attached hydrogen (secondary N) is 1. The van der Waals surface area contributed by atoms with E-state index < -0.39 is 0 Å². The Balaban J connectivity index is 1.08. The van der Waals surface area contributed by atoms with Crippen molar-refractivity contribution in [1.29, 1.82) is 5.41 Å². The summed E-state index contributed by atoms with van der Waals surface area (Å²) in [5.74, 6) is 0. The normalized spacial score (nSPS) is 11.8. The van der Waals surface area contributed by atoms with Crippen molar-refractivity contribution in [2.24, 2.45) is 4.99 Å². The van der Waals surface area contributed by atoms with E-state index in [1.54, 1.807) is 0 Å². The minimum Gasteiger partial charge on any atom is -0.316 e. The molecule has 8 aromatic carbocycles. The van der Waals surface area contributed by atoms with Crippen LogP contribution in [0.3, 0.4) is 0 Å². The first kappa shape index (κ1) is 29.8. The summed E-state index contributed by atoms with van der Waals surface area (Å²) in [6, 6.07) is 61.4. The minimum atomic E-state index is 0.438. The molecule has 1 N–H and O–H groups in total. The van der Waals surface area contributed by atoms with Gasteiger partial charge in [0.25, 0.3) is 0 Å². The molecule has 4 heteroatoms. The predicted molar refractivity (Wildman–Crippen MR) is 219 cm³/mol. The Labute approximate surface area is 300 Å². The Hall–Kier alpha value is -7.04. The van der Waals surface area contributed by atoms with Crippen LogP contribution in [0, 0.1) is 5.41 Å². The molecule has 0 unspecified atom stereocenters. The highest BCUT2D eigenvalue weighted by atomic mass is 15.0. The van der Waals surface area contributed by atoms with Crippen LogP contribution < -0.4 is 0 Å². The second-order valence-corrected chi connectivity index (χ2v) is 13.2. The first-order chi connectivity index (χ1) is 25.7. The molecule has 10 aromatic rings. The zero-order valence-electron chi connectivity index (χ0n) is 28.2. The molecule has 0 radical (unpaired) electrons. The lowest BCUT2D eigenvalue weighted by Gasteiger charge is -2.11. The molecule has 244 valence electrons. The molecule has 0 atom stereocenters. The summed E-state index contributed by atoms with van der Waals surface area (Å²) in [6.45, 7) is 0. The maximum atomic E-state index is 9.32. The van der Waals surface area contributed by atoms with Gasteiger partial charge in [-0.3, -0.25) is 9.98 Å². The Kier molecular flexibility index (Phi) is 6.93. The molecule has 0 aliphatic rings. The molecule has 0 spiro atoms. The van der Waals surface area contributed by atoms with Crippen LogP contribution in [0.25, 0.3) is 71.1 Å². The average molecular weight is 665 g/mol. The van der Waals surface area contributed by atoms with Crippen molar-refractivity contribution in [2.45, 2.75) is 0 Å². The van der Waals surface area contributed by atoms with Gasteiger partial charge in [0, 0.05) is 39.2 Å². The van der Waals surface area contributed by atoms with Gasteiger partial charge in [0.05, 0.1) is 27.9 Å². The van der Waals surface area contributed by atoms with Gasteiger partial charge in [-0.2, -0.15) is 0 Å². The van der Waals surface area contributed by atoms with E-state index in [4.69, 9.17) is 4.99 Å². The molecule has 0 aliphatic carbocycles. The van der Waals surface area contributed by atoms with Crippen molar-refractivity contribution in [3.05, 3.63) is 193 Å². The summed E-state index contributed by atoms with van der Waals surface area (Å²) in [7, 11) is 0. The highest BCUT2D eigenvalue weighted by Gasteiger charge is 2.16. The minimum absolute atomic E-state index is 0.438. The van der Waals surface area contributed by atoms with Gasteiger partial charge >= 0.3 is 0 Å². The van der Waals surface area contributed by atoms with E-state index in [0.29, 0.717) is 5.71 Å². The van der Waals surface area contributed by atoms with Crippen molar-refractivity contribution in [3.8, 4) is 16.8 Å². The van der Waals surface area contributed by atoms with Gasteiger partial charge in [-0.25, -0.2) is 4.99 Å². The largest absolute Gasteiger partial charge is 0.316 e. The number of hydrogen-bond donors (Lipinski definition) is 1. The lowest BCUT2D eigenvalue weighted by molar-refractivity contribution is 1.13. The molecular formula is C48H32N4. The lowest BCUT2D eigenvalue weighted by Crippen LogP contribution is -2.02. The molecule has 52 heavy (non-hydrogen) atoms. The highest BCUT2D eigenvalue weighted by Crippen LogP contribution is 2.38. The van der Waals surface area contributed by atoms with Gasteiger partial charge in [-0.1, -0.05) is 133 Å². The molecule has 4 nitrogen and oxygen atoms in total. The van der Waals surface area contributed by atoms with Crippen LogP contribution in [-0.4, -0.2) is 21.2 Å². The Bertz CT molecular complexity index is 3010. The zero-order chi connectivity index (χ0) is 34.6. The third-order valence-electron chi connectivity index (χ3n) is 10.3. The van der Waals surface area contributed by atoms with E-state index in [2.05, 4.69) is 149 Å². The molecule has 0 saturated carbocycles. The second-order valence-electron chi connectivity index (χ2n) is 13.2. The van der Waals surface area contributed by atoms with Crippen LogP contribution in [0.1, 0.15) is 11.1 Å². The van der Waals surface area contributed by atoms with Crippen molar-refractivity contribution >= 4 is 72.0 Å². The molecule has 2 aromatic heterocycles. The Morgan fingerprint density at radius 3 is 2.08 bits per heavy atom. The summed E-state index contributed by atoms with van der Waals surface area (Å²) in [5, 5.41) is 17.8. The number of para-hydroxylation sites is 2. The standard InChI is InChI=1S/C48H32N4/c49-48(35-23-21-34(22-24-35)39-19-10-13-32-11-4-6-16-38(32)39)41-18-8-9-20-43(41)50-31-52-44-26-25-33-12-5-7-17-40(33)47(44)42-29-36-27-28-51(45(36)30-46(42)52)37-14-2-1-3-15-37/h1-31,49H. The van der Waals surface area contributed by atoms with Crippen LogP contribution in [0.5, 0.6) is 0 Å². The van der Waals surface area contributed by atoms with Gasteiger partial charge in [-0.05, 0) is 75.1 Å². The molecule has 0 aliphatic heterocycles. The van der Waals surface area contributed by atoms with Crippen LogP contribution in [0.4, 0.5) is 5.69 Å². The summed E-state index contributed by atoms with van der Waals surface area (Å²) < 4.78 is 4.45. The van der Waals surface area contributed by atoms with Crippen molar-refractivity contribution in [2.75, 3.05) is 0 Å². The molecular weight excluding hydrogens is 633 g/mol. The third-order valence-corrected chi connectivity index (χ3v) is 10.3. The Morgan fingerprint density at radius 2 is 1.23 bits per heavy atom. The number of aromatic nitrogens is 2. The number of fused-ring (bicyclic) bond motifs is 7. The first-order valence-electron chi connectivity index (χ1n) is 17.5. The SMILES string of the molecule is N=C(c1ccc(-c2cccc3ccccc23)cc1)c1ccccc1N=Cn1c2cc3c(ccn3-c3ccccc3)cc2c2c3ccccc3ccc21. The van der Waals surface area contributed by atoms with E-state index in [1.807, 2.05) is 48.8 Å². The van der Waals surface area contributed by atoms with Crippen LogP contribution in [0.15, 0.2) is 187 Å². The summed E-state index contributed by atoms with van der Waals surface area (Å²) in [5.41, 5.74) is 9.55. The van der Waals surface area contributed by atoms with Crippen molar-refractivity contribution in [3.63, 3.8) is 0 Å². The molecule has 10 rings (SSSR count). The Morgan fingerprint density at radius 1 is 0.519 bits per heavy atom. The molecule has 0 amide bonds. The summed E-state index contributed by atoms with van der Waals surface area (Å²) in [4.78, 5) is 5.11. The predicted octanol–water partition coefficient (Wildman–Crippen LogP) is 12.3. The topological polar surface area (TPSA) is 46.1 Å². The van der Waals surface area contributed by atoms with E-state index in [9.17, 15) is 5.41 Å². The quantitative estimate of drug-likeness (QED) is 0.136. The average Bonchev–Trinajstić information content (AvgIpc) is 3.77. The fourth-order valence-corrected chi connectivity index (χ4v) is 7.75. The van der Waals surface area contributed by atoms with Gasteiger partial charge in [0.1, 0.15) is 6.34 Å². The third kappa shape index (κ3) is 4.84.